The fourth-order valence-corrected chi connectivity index (χ4v) is 5.94. The van der Waals surface area contributed by atoms with E-state index >= 15 is 0 Å². The molecule has 0 aliphatic carbocycles. The summed E-state index contributed by atoms with van der Waals surface area (Å²) in [5, 5.41) is 10.4. The number of H-pyrrole nitrogens is 1. The Morgan fingerprint density at radius 2 is 1.83 bits per heavy atom. The monoisotopic (exact) mass is 496 g/mol. The number of hydrogen-bond donors (Lipinski definition) is 6. The van der Waals surface area contributed by atoms with Crippen LogP contribution in [0.3, 0.4) is 0 Å². The van der Waals surface area contributed by atoms with Gasteiger partial charge in [-0.1, -0.05) is 0 Å². The van der Waals surface area contributed by atoms with E-state index in [9.17, 15) is 33.3 Å². The van der Waals surface area contributed by atoms with Gasteiger partial charge in [0.05, 0.1) is 13.2 Å². The molecule has 170 valence electrons. The smallest absolute Gasteiger partial charge is 0.387 e. The molecule has 3 heterocycles. The highest BCUT2D eigenvalue weighted by atomic mass is 31.3. The van der Waals surface area contributed by atoms with E-state index in [-0.39, 0.29) is 6.61 Å². The van der Waals surface area contributed by atoms with Gasteiger partial charge >= 0.3 is 29.2 Å². The second-order valence-electron chi connectivity index (χ2n) is 6.18. The van der Waals surface area contributed by atoms with Crippen LogP contribution in [0.4, 0.5) is 0 Å². The van der Waals surface area contributed by atoms with Gasteiger partial charge in [-0.15, -0.1) is 0 Å². The standard InChI is InChI=1S/C10H15N2O15P3/c13-5-1-2-12(9(15)11-5)8-6-7(14)10(25-8,3-23-6)4-24-29(19,20)27-30(21,22)26-28(16,17)18/h1-2,6-8,14H,3-4H2,(H,19,20)(H,21,22)(H,11,13,15)(H2,16,17,18)/t6?,7-,8-,10-/m1/s1. The molecule has 2 bridgehead atoms. The molecular weight excluding hydrogens is 481 g/mol. The number of rotatable bonds is 8. The number of phosphoric acid groups is 3. The summed E-state index contributed by atoms with van der Waals surface area (Å²) in [5.74, 6) is 0. The summed E-state index contributed by atoms with van der Waals surface area (Å²) in [4.78, 5) is 60.7. The van der Waals surface area contributed by atoms with Gasteiger partial charge in [0.2, 0.25) is 0 Å². The van der Waals surface area contributed by atoms with Crippen LogP contribution in [0.25, 0.3) is 0 Å². The normalized spacial score (nSPS) is 32.6. The minimum Gasteiger partial charge on any atom is -0.387 e. The number of aliphatic hydroxyl groups is 1. The fraction of sp³-hybridized carbons (Fsp3) is 0.600. The molecule has 2 saturated heterocycles. The first-order chi connectivity index (χ1) is 13.6. The van der Waals surface area contributed by atoms with E-state index in [2.05, 4.69) is 13.1 Å². The van der Waals surface area contributed by atoms with Crippen LogP contribution < -0.4 is 11.2 Å². The molecule has 0 radical (unpaired) electrons. The van der Waals surface area contributed by atoms with Crippen molar-refractivity contribution in [1.29, 1.82) is 0 Å². The second-order valence-corrected chi connectivity index (χ2v) is 10.6. The first kappa shape index (κ1) is 23.6. The molecule has 0 spiro atoms. The third-order valence-corrected chi connectivity index (χ3v) is 7.80. The van der Waals surface area contributed by atoms with E-state index in [1.165, 1.54) is 0 Å². The van der Waals surface area contributed by atoms with E-state index in [1.54, 1.807) is 0 Å². The van der Waals surface area contributed by atoms with Crippen LogP contribution in [0.1, 0.15) is 6.23 Å². The number of ether oxygens (including phenoxy) is 2. The Balaban J connectivity index is 1.73. The number of aromatic amines is 1. The van der Waals surface area contributed by atoms with E-state index in [1.807, 2.05) is 4.98 Å². The highest BCUT2D eigenvalue weighted by Gasteiger charge is 2.63. The maximum absolute atomic E-state index is 11.9. The average Bonchev–Trinajstić information content (AvgIpc) is 3.00. The molecule has 20 heteroatoms. The van der Waals surface area contributed by atoms with Crippen LogP contribution in [0.5, 0.6) is 0 Å². The zero-order valence-electron chi connectivity index (χ0n) is 14.4. The van der Waals surface area contributed by atoms with Crippen LogP contribution in [0.15, 0.2) is 21.9 Å². The number of aromatic nitrogens is 2. The van der Waals surface area contributed by atoms with Crippen molar-refractivity contribution in [3.8, 4) is 0 Å². The van der Waals surface area contributed by atoms with Gasteiger partial charge in [0.15, 0.2) is 6.23 Å². The maximum atomic E-state index is 11.9. The summed E-state index contributed by atoms with van der Waals surface area (Å²) in [6, 6.07) is 1.00. The third kappa shape index (κ3) is 5.06. The molecule has 2 aliphatic heterocycles. The molecule has 17 nitrogen and oxygen atoms in total. The quantitative estimate of drug-likeness (QED) is 0.211. The van der Waals surface area contributed by atoms with Gasteiger partial charge in [-0.3, -0.25) is 18.9 Å². The molecule has 6 atom stereocenters. The molecule has 1 aromatic heterocycles. The number of hydrogen-bond acceptors (Lipinski definition) is 11. The first-order valence-electron chi connectivity index (χ1n) is 7.70. The number of aliphatic hydroxyl groups excluding tert-OH is 1. The lowest BCUT2D eigenvalue weighted by atomic mass is 10.0. The Labute approximate surface area is 165 Å². The van der Waals surface area contributed by atoms with Crippen molar-refractivity contribution in [3.63, 3.8) is 0 Å². The Morgan fingerprint density at radius 1 is 1.17 bits per heavy atom. The molecule has 0 aromatic carbocycles. The summed E-state index contributed by atoms with van der Waals surface area (Å²) >= 11 is 0. The Kier molecular flexibility index (Phi) is 6.17. The lowest BCUT2D eigenvalue weighted by Crippen LogP contribution is -2.45. The molecule has 1 aromatic rings. The topological polar surface area (TPSA) is 253 Å². The van der Waals surface area contributed by atoms with Gasteiger partial charge < -0.3 is 34.2 Å². The molecule has 6 N–H and O–H groups in total. The molecule has 3 rings (SSSR count). The number of nitrogens with zero attached hydrogens (tertiary/aromatic N) is 1. The predicted molar refractivity (Wildman–Crippen MR) is 89.7 cm³/mol. The van der Waals surface area contributed by atoms with Gasteiger partial charge in [0.1, 0.15) is 17.8 Å². The van der Waals surface area contributed by atoms with Crippen LogP contribution in [-0.2, 0) is 36.3 Å². The van der Waals surface area contributed by atoms with Crippen molar-refractivity contribution in [2.45, 2.75) is 24.0 Å². The summed E-state index contributed by atoms with van der Waals surface area (Å²) < 4.78 is 57.2. The van der Waals surface area contributed by atoms with Crippen molar-refractivity contribution >= 4 is 23.5 Å². The maximum Gasteiger partial charge on any atom is 0.490 e. The molecule has 0 saturated carbocycles. The van der Waals surface area contributed by atoms with E-state index in [0.29, 0.717) is 0 Å². The Morgan fingerprint density at radius 3 is 2.43 bits per heavy atom. The summed E-state index contributed by atoms with van der Waals surface area (Å²) in [6.07, 6.45) is -2.84. The summed E-state index contributed by atoms with van der Waals surface area (Å²) in [6.45, 7) is -1.35. The minimum atomic E-state index is -5.72. The summed E-state index contributed by atoms with van der Waals surface area (Å²) in [7, 11) is -16.7. The van der Waals surface area contributed by atoms with Gasteiger partial charge in [-0.2, -0.15) is 8.62 Å². The van der Waals surface area contributed by atoms with E-state index in [0.717, 1.165) is 16.8 Å². The molecular formula is C10H15N2O15P3. The van der Waals surface area contributed by atoms with Gasteiger partial charge in [-0.25, -0.2) is 18.5 Å². The van der Waals surface area contributed by atoms with Crippen molar-refractivity contribution in [2.24, 2.45) is 0 Å². The second kappa shape index (κ2) is 7.83. The van der Waals surface area contributed by atoms with Crippen molar-refractivity contribution in [2.75, 3.05) is 13.2 Å². The molecule has 0 amide bonds. The van der Waals surface area contributed by atoms with Crippen LogP contribution >= 0.6 is 23.5 Å². The molecule has 2 aliphatic rings. The van der Waals surface area contributed by atoms with Crippen LogP contribution in [0, 0.1) is 0 Å². The lowest BCUT2D eigenvalue weighted by molar-refractivity contribution is -0.186. The molecule has 30 heavy (non-hydrogen) atoms. The van der Waals surface area contributed by atoms with Gasteiger partial charge in [0, 0.05) is 12.3 Å². The third-order valence-electron chi connectivity index (χ3n) is 4.02. The number of phosphoric ester groups is 1. The first-order valence-corrected chi connectivity index (χ1v) is 12.2. The Bertz CT molecular complexity index is 1080. The lowest BCUT2D eigenvalue weighted by Gasteiger charge is -2.31. The van der Waals surface area contributed by atoms with Gasteiger partial charge in [-0.05, 0) is 0 Å². The molecule has 3 unspecified atom stereocenters. The van der Waals surface area contributed by atoms with Gasteiger partial charge in [0.25, 0.3) is 5.56 Å². The van der Waals surface area contributed by atoms with Crippen LogP contribution in [-0.4, -0.2) is 65.3 Å². The van der Waals surface area contributed by atoms with E-state index < -0.39 is 65.4 Å². The number of fused-ring (bicyclic) bond motifs is 2. The van der Waals surface area contributed by atoms with Crippen molar-refractivity contribution < 1.29 is 61.0 Å². The zero-order valence-corrected chi connectivity index (χ0v) is 17.1. The van der Waals surface area contributed by atoms with Crippen molar-refractivity contribution in [3.05, 3.63) is 33.1 Å². The zero-order chi connectivity index (χ0) is 22.5. The number of nitrogens with one attached hydrogen (secondary N) is 1. The highest BCUT2D eigenvalue weighted by molar-refractivity contribution is 7.66. The largest absolute Gasteiger partial charge is 0.490 e. The van der Waals surface area contributed by atoms with Crippen LogP contribution in [0.2, 0.25) is 0 Å². The average molecular weight is 496 g/mol. The fourth-order valence-electron chi connectivity index (χ4n) is 2.86. The predicted octanol–water partition coefficient (Wildman–Crippen LogP) is -2.09. The van der Waals surface area contributed by atoms with E-state index in [4.69, 9.17) is 24.2 Å². The molecule has 2 fully saturated rings. The van der Waals surface area contributed by atoms with Crippen molar-refractivity contribution in [1.82, 2.24) is 9.55 Å². The minimum absolute atomic E-state index is 0.386. The summed E-state index contributed by atoms with van der Waals surface area (Å²) in [5.41, 5.74) is -3.40. The SMILES string of the molecule is O=c1ccn([C@@H]2O[C@@]3(COP(=O)(O)OP(=O)(O)OP(=O)(O)O)COC2[C@H]3O)c(=O)[nH]1. The highest BCUT2D eigenvalue weighted by Crippen LogP contribution is 2.66. The Hall–Kier alpha value is -1.03.